The van der Waals surface area contributed by atoms with E-state index in [0.29, 0.717) is 6.42 Å². The van der Waals surface area contributed by atoms with Crippen molar-refractivity contribution in [3.05, 3.63) is 0 Å². The lowest BCUT2D eigenvalue weighted by Crippen LogP contribution is -2.49. The number of halogens is 1. The minimum Gasteiger partial charge on any atom is -0.316 e. The molecule has 1 saturated heterocycles. The Morgan fingerprint density at radius 2 is 2.31 bits per heavy atom. The molecule has 1 N–H and O–H groups in total. The molecule has 0 radical (unpaired) electrons. The maximum absolute atomic E-state index is 14.5. The van der Waals surface area contributed by atoms with Gasteiger partial charge in [0.2, 0.25) is 0 Å². The van der Waals surface area contributed by atoms with Crippen molar-refractivity contribution >= 4 is 0 Å². The Hall–Kier alpha value is -0.110. The van der Waals surface area contributed by atoms with Gasteiger partial charge < -0.3 is 5.32 Å². The van der Waals surface area contributed by atoms with Crippen molar-refractivity contribution in [1.29, 1.82) is 0 Å². The molecule has 1 rings (SSSR count). The third kappa shape index (κ3) is 2.22. The number of rotatable bonds is 3. The van der Waals surface area contributed by atoms with Crippen molar-refractivity contribution in [3.63, 3.8) is 0 Å². The van der Waals surface area contributed by atoms with Gasteiger partial charge in [-0.3, -0.25) is 0 Å². The van der Waals surface area contributed by atoms with E-state index in [-0.39, 0.29) is 11.8 Å². The molecule has 0 aromatic rings. The molecule has 0 spiro atoms. The van der Waals surface area contributed by atoms with Gasteiger partial charge in [-0.2, -0.15) is 0 Å². The van der Waals surface area contributed by atoms with Crippen LogP contribution in [0.4, 0.5) is 4.39 Å². The summed E-state index contributed by atoms with van der Waals surface area (Å²) in [6.45, 7) is 7.90. The first-order valence-electron chi connectivity index (χ1n) is 5.51. The Bertz CT molecular complexity index is 160. The van der Waals surface area contributed by atoms with E-state index in [4.69, 9.17) is 0 Å². The van der Waals surface area contributed by atoms with Gasteiger partial charge in [0.15, 0.2) is 0 Å². The van der Waals surface area contributed by atoms with Gasteiger partial charge in [-0.05, 0) is 25.3 Å². The predicted molar refractivity (Wildman–Crippen MR) is 54.6 cm³/mol. The molecule has 1 fully saturated rings. The average molecular weight is 187 g/mol. The zero-order chi connectivity index (χ0) is 9.90. The van der Waals surface area contributed by atoms with Crippen LogP contribution in [-0.4, -0.2) is 18.8 Å². The molecule has 0 aromatic heterocycles. The molecule has 1 aliphatic rings. The fourth-order valence-electron chi connectivity index (χ4n) is 2.42. The summed E-state index contributed by atoms with van der Waals surface area (Å²) < 4.78 is 14.5. The Morgan fingerprint density at radius 3 is 2.85 bits per heavy atom. The molecule has 1 aliphatic heterocycles. The van der Waals surface area contributed by atoms with E-state index in [1.165, 1.54) is 0 Å². The fourth-order valence-corrected chi connectivity index (χ4v) is 2.42. The Morgan fingerprint density at radius 1 is 1.62 bits per heavy atom. The molecule has 0 saturated carbocycles. The van der Waals surface area contributed by atoms with Gasteiger partial charge in [-0.1, -0.05) is 27.2 Å². The summed E-state index contributed by atoms with van der Waals surface area (Å²) in [7, 11) is 0. The zero-order valence-electron chi connectivity index (χ0n) is 9.07. The lowest BCUT2D eigenvalue weighted by Gasteiger charge is -2.40. The molecule has 0 amide bonds. The summed E-state index contributed by atoms with van der Waals surface area (Å²) in [5.74, 6) is 0.386. The molecular weight excluding hydrogens is 165 g/mol. The van der Waals surface area contributed by atoms with Gasteiger partial charge in [-0.25, -0.2) is 4.39 Å². The van der Waals surface area contributed by atoms with Crippen molar-refractivity contribution in [2.75, 3.05) is 13.1 Å². The van der Waals surface area contributed by atoms with Gasteiger partial charge in [-0.15, -0.1) is 0 Å². The first-order chi connectivity index (χ1) is 6.11. The van der Waals surface area contributed by atoms with E-state index in [0.717, 1.165) is 25.9 Å². The first-order valence-corrected chi connectivity index (χ1v) is 5.51. The summed E-state index contributed by atoms with van der Waals surface area (Å²) in [4.78, 5) is 0. The van der Waals surface area contributed by atoms with Crippen molar-refractivity contribution in [1.82, 2.24) is 5.32 Å². The number of hydrogen-bond donors (Lipinski definition) is 1. The summed E-state index contributed by atoms with van der Waals surface area (Å²) in [6.07, 6.45) is 2.79. The van der Waals surface area contributed by atoms with Crippen LogP contribution in [0.3, 0.4) is 0 Å². The number of piperidine rings is 1. The summed E-state index contributed by atoms with van der Waals surface area (Å²) in [5, 5.41) is 3.25. The van der Waals surface area contributed by atoms with Crippen LogP contribution in [0.2, 0.25) is 0 Å². The molecule has 3 unspecified atom stereocenters. The van der Waals surface area contributed by atoms with Gasteiger partial charge in [0, 0.05) is 12.5 Å². The Kier molecular flexibility index (Phi) is 3.72. The number of nitrogens with one attached hydrogen (secondary N) is 1. The quantitative estimate of drug-likeness (QED) is 0.716. The minimum atomic E-state index is -0.915. The molecule has 0 aromatic carbocycles. The third-order valence-corrected chi connectivity index (χ3v) is 3.50. The lowest BCUT2D eigenvalue weighted by molar-refractivity contribution is 0.000878. The molecule has 1 heterocycles. The van der Waals surface area contributed by atoms with Crippen LogP contribution >= 0.6 is 0 Å². The van der Waals surface area contributed by atoms with Crippen LogP contribution in [0.5, 0.6) is 0 Å². The second kappa shape index (κ2) is 4.41. The Balaban J connectivity index is 2.59. The average Bonchev–Trinajstić information content (AvgIpc) is 2.11. The third-order valence-electron chi connectivity index (χ3n) is 3.50. The van der Waals surface area contributed by atoms with Crippen molar-refractivity contribution in [3.8, 4) is 0 Å². The van der Waals surface area contributed by atoms with E-state index < -0.39 is 5.67 Å². The Labute approximate surface area is 81.1 Å². The highest BCUT2D eigenvalue weighted by atomic mass is 19.1. The molecule has 0 bridgehead atoms. The van der Waals surface area contributed by atoms with E-state index in [9.17, 15) is 4.39 Å². The molecule has 13 heavy (non-hydrogen) atoms. The largest absolute Gasteiger partial charge is 0.316 e. The van der Waals surface area contributed by atoms with E-state index >= 15 is 0 Å². The van der Waals surface area contributed by atoms with Crippen LogP contribution in [0.25, 0.3) is 0 Å². The number of alkyl halides is 1. The molecular formula is C11H22FN. The van der Waals surface area contributed by atoms with Gasteiger partial charge in [0.1, 0.15) is 5.67 Å². The topological polar surface area (TPSA) is 12.0 Å². The molecule has 78 valence electrons. The smallest absolute Gasteiger partial charge is 0.118 e. The maximum atomic E-state index is 14.5. The summed E-state index contributed by atoms with van der Waals surface area (Å²) >= 11 is 0. The van der Waals surface area contributed by atoms with E-state index in [1.807, 2.05) is 6.92 Å². The predicted octanol–water partition coefficient (Wildman–Crippen LogP) is 2.76. The SMILES string of the molecule is CCCC(C)C1(F)CCNCC1C. The molecule has 3 atom stereocenters. The second-order valence-corrected chi connectivity index (χ2v) is 4.47. The zero-order valence-corrected chi connectivity index (χ0v) is 9.07. The maximum Gasteiger partial charge on any atom is 0.118 e. The minimum absolute atomic E-state index is 0.169. The van der Waals surface area contributed by atoms with Gasteiger partial charge in [0.25, 0.3) is 0 Å². The number of hydrogen-bond acceptors (Lipinski definition) is 1. The van der Waals surface area contributed by atoms with E-state index in [2.05, 4.69) is 19.2 Å². The summed E-state index contributed by atoms with van der Waals surface area (Å²) in [6, 6.07) is 0. The lowest BCUT2D eigenvalue weighted by atomic mass is 9.74. The second-order valence-electron chi connectivity index (χ2n) is 4.47. The van der Waals surface area contributed by atoms with Crippen molar-refractivity contribution in [2.24, 2.45) is 11.8 Å². The van der Waals surface area contributed by atoms with E-state index in [1.54, 1.807) is 0 Å². The summed E-state index contributed by atoms with van der Waals surface area (Å²) in [5.41, 5.74) is -0.915. The van der Waals surface area contributed by atoms with Gasteiger partial charge >= 0.3 is 0 Å². The first kappa shape index (κ1) is 11.0. The van der Waals surface area contributed by atoms with Crippen molar-refractivity contribution in [2.45, 2.75) is 45.7 Å². The van der Waals surface area contributed by atoms with Crippen molar-refractivity contribution < 1.29 is 4.39 Å². The molecule has 2 heteroatoms. The van der Waals surface area contributed by atoms with Gasteiger partial charge in [0.05, 0.1) is 0 Å². The highest BCUT2D eigenvalue weighted by molar-refractivity contribution is 4.93. The molecule has 0 aliphatic carbocycles. The van der Waals surface area contributed by atoms with Crippen LogP contribution in [-0.2, 0) is 0 Å². The highest BCUT2D eigenvalue weighted by Crippen LogP contribution is 2.38. The van der Waals surface area contributed by atoms with Crippen LogP contribution in [0.1, 0.15) is 40.0 Å². The normalized spacial score (nSPS) is 37.4. The van der Waals surface area contributed by atoms with Crippen LogP contribution in [0, 0.1) is 11.8 Å². The van der Waals surface area contributed by atoms with Crippen LogP contribution < -0.4 is 5.32 Å². The fraction of sp³-hybridized carbons (Fsp3) is 1.00. The monoisotopic (exact) mass is 187 g/mol. The highest BCUT2D eigenvalue weighted by Gasteiger charge is 2.42. The molecule has 1 nitrogen and oxygen atoms in total. The standard InChI is InChI=1S/C11H22FN/c1-4-5-9(2)11(12)6-7-13-8-10(11)3/h9-10,13H,4-8H2,1-3H3. The van der Waals surface area contributed by atoms with Crippen LogP contribution in [0.15, 0.2) is 0 Å².